The first-order valence-electron chi connectivity index (χ1n) is 8.54. The van der Waals surface area contributed by atoms with E-state index in [1.165, 1.54) is 0 Å². The van der Waals surface area contributed by atoms with Gasteiger partial charge in [0.25, 0.3) is 0 Å². The highest BCUT2D eigenvalue weighted by atomic mass is 16.2. The summed E-state index contributed by atoms with van der Waals surface area (Å²) < 4.78 is 0. The summed E-state index contributed by atoms with van der Waals surface area (Å²) in [6.45, 7) is 3.76. The Hall–Kier alpha value is -1.88. The van der Waals surface area contributed by atoms with E-state index in [0.717, 1.165) is 63.8 Å². The first-order chi connectivity index (χ1) is 11.1. The minimum absolute atomic E-state index is 0.337. The van der Waals surface area contributed by atoms with Crippen molar-refractivity contribution in [3.63, 3.8) is 0 Å². The van der Waals surface area contributed by atoms with Gasteiger partial charge in [-0.1, -0.05) is 12.1 Å². The SMILES string of the molecule is NC(=O)c1cccc(CN2CCC(N3CCCCC3=O)CC2)c1. The molecule has 0 bridgehead atoms. The summed E-state index contributed by atoms with van der Waals surface area (Å²) in [5, 5.41) is 0. The molecule has 0 unspecified atom stereocenters. The van der Waals surface area contributed by atoms with Crippen molar-refractivity contribution >= 4 is 11.8 Å². The Bertz CT molecular complexity index is 579. The topological polar surface area (TPSA) is 66.6 Å². The Morgan fingerprint density at radius 1 is 1.17 bits per heavy atom. The van der Waals surface area contributed by atoms with Crippen LogP contribution in [0.3, 0.4) is 0 Å². The maximum absolute atomic E-state index is 12.0. The number of nitrogens with two attached hydrogens (primary N) is 1. The maximum Gasteiger partial charge on any atom is 0.248 e. The quantitative estimate of drug-likeness (QED) is 0.920. The second kappa shape index (κ2) is 7.13. The van der Waals surface area contributed by atoms with E-state index in [9.17, 15) is 9.59 Å². The van der Waals surface area contributed by atoms with Gasteiger partial charge in [-0.05, 0) is 43.4 Å². The molecule has 0 aromatic heterocycles. The smallest absolute Gasteiger partial charge is 0.248 e. The van der Waals surface area contributed by atoms with Gasteiger partial charge in [-0.3, -0.25) is 14.5 Å². The fraction of sp³-hybridized carbons (Fsp3) is 0.556. The van der Waals surface area contributed by atoms with Crippen LogP contribution in [-0.4, -0.2) is 47.3 Å². The highest BCUT2D eigenvalue weighted by Gasteiger charge is 2.29. The summed E-state index contributed by atoms with van der Waals surface area (Å²) >= 11 is 0. The lowest BCUT2D eigenvalue weighted by Gasteiger charge is -2.40. The standard InChI is InChI=1S/C18H25N3O2/c19-18(23)15-5-3-4-14(12-15)13-20-10-7-16(8-11-20)21-9-2-1-6-17(21)22/h3-5,12,16H,1-2,6-11,13H2,(H2,19,23). The number of carbonyl (C=O) groups is 2. The Morgan fingerprint density at radius 3 is 2.65 bits per heavy atom. The van der Waals surface area contributed by atoms with Crippen LogP contribution < -0.4 is 5.73 Å². The molecular formula is C18H25N3O2. The summed E-state index contributed by atoms with van der Waals surface area (Å²) in [4.78, 5) is 27.8. The summed E-state index contributed by atoms with van der Waals surface area (Å²) in [5.74, 6) is -0.0435. The minimum Gasteiger partial charge on any atom is -0.366 e. The number of benzene rings is 1. The van der Waals surface area contributed by atoms with Crippen molar-refractivity contribution in [1.29, 1.82) is 0 Å². The van der Waals surface area contributed by atoms with E-state index in [0.29, 0.717) is 17.5 Å². The van der Waals surface area contributed by atoms with Crippen LogP contribution in [0.25, 0.3) is 0 Å². The Balaban J connectivity index is 1.54. The highest BCUT2D eigenvalue weighted by Crippen LogP contribution is 2.22. The lowest BCUT2D eigenvalue weighted by Crippen LogP contribution is -2.48. The third-order valence-corrected chi connectivity index (χ3v) is 4.98. The van der Waals surface area contributed by atoms with Gasteiger partial charge >= 0.3 is 0 Å². The number of rotatable bonds is 4. The summed E-state index contributed by atoms with van der Waals surface area (Å²) in [6.07, 6.45) is 5.00. The average Bonchev–Trinajstić information content (AvgIpc) is 2.56. The van der Waals surface area contributed by atoms with Gasteiger partial charge in [0, 0.05) is 44.2 Å². The van der Waals surface area contributed by atoms with Crippen molar-refractivity contribution in [2.75, 3.05) is 19.6 Å². The molecule has 2 fully saturated rings. The van der Waals surface area contributed by atoms with Crippen LogP contribution in [0.5, 0.6) is 0 Å². The van der Waals surface area contributed by atoms with Gasteiger partial charge in [0.1, 0.15) is 0 Å². The van der Waals surface area contributed by atoms with Gasteiger partial charge in [0.05, 0.1) is 0 Å². The van der Waals surface area contributed by atoms with Crippen molar-refractivity contribution < 1.29 is 9.59 Å². The molecule has 23 heavy (non-hydrogen) atoms. The van der Waals surface area contributed by atoms with E-state index in [1.54, 1.807) is 6.07 Å². The van der Waals surface area contributed by atoms with Gasteiger partial charge < -0.3 is 10.6 Å². The monoisotopic (exact) mass is 315 g/mol. The normalized spacial score (nSPS) is 20.7. The van der Waals surface area contributed by atoms with Gasteiger partial charge in [-0.15, -0.1) is 0 Å². The Morgan fingerprint density at radius 2 is 1.96 bits per heavy atom. The van der Waals surface area contributed by atoms with E-state index in [2.05, 4.69) is 9.80 Å². The van der Waals surface area contributed by atoms with Crippen molar-refractivity contribution in [1.82, 2.24) is 9.80 Å². The molecule has 0 atom stereocenters. The van der Waals surface area contributed by atoms with E-state index < -0.39 is 0 Å². The second-order valence-corrected chi connectivity index (χ2v) is 6.62. The molecule has 2 amide bonds. The van der Waals surface area contributed by atoms with Crippen molar-refractivity contribution in [3.8, 4) is 0 Å². The second-order valence-electron chi connectivity index (χ2n) is 6.62. The minimum atomic E-state index is -0.380. The third kappa shape index (κ3) is 3.91. The molecule has 1 aromatic rings. The van der Waals surface area contributed by atoms with Gasteiger partial charge in [0.15, 0.2) is 0 Å². The van der Waals surface area contributed by atoms with E-state index in [4.69, 9.17) is 5.73 Å². The van der Waals surface area contributed by atoms with Crippen LogP contribution >= 0.6 is 0 Å². The molecule has 5 nitrogen and oxygen atoms in total. The summed E-state index contributed by atoms with van der Waals surface area (Å²) in [7, 11) is 0. The first-order valence-corrected chi connectivity index (χ1v) is 8.54. The van der Waals surface area contributed by atoms with Crippen LogP contribution in [0.15, 0.2) is 24.3 Å². The molecule has 2 saturated heterocycles. The molecule has 1 aromatic carbocycles. The van der Waals surface area contributed by atoms with Crippen LogP contribution in [0.1, 0.15) is 48.0 Å². The third-order valence-electron chi connectivity index (χ3n) is 4.98. The molecule has 0 aliphatic carbocycles. The van der Waals surface area contributed by atoms with Gasteiger partial charge in [-0.2, -0.15) is 0 Å². The lowest BCUT2D eigenvalue weighted by atomic mass is 9.99. The van der Waals surface area contributed by atoms with Crippen molar-refractivity contribution in [2.45, 2.75) is 44.7 Å². The van der Waals surface area contributed by atoms with E-state index >= 15 is 0 Å². The van der Waals surface area contributed by atoms with E-state index in [-0.39, 0.29) is 5.91 Å². The van der Waals surface area contributed by atoms with Crippen LogP contribution in [0.4, 0.5) is 0 Å². The summed E-state index contributed by atoms with van der Waals surface area (Å²) in [6, 6.07) is 7.96. The van der Waals surface area contributed by atoms with Crippen molar-refractivity contribution in [2.24, 2.45) is 5.73 Å². The molecule has 124 valence electrons. The molecule has 5 heteroatoms. The number of amides is 2. The molecule has 0 saturated carbocycles. The molecular weight excluding hydrogens is 290 g/mol. The lowest BCUT2D eigenvalue weighted by molar-refractivity contribution is -0.136. The maximum atomic E-state index is 12.0. The highest BCUT2D eigenvalue weighted by molar-refractivity contribution is 5.92. The Kier molecular flexibility index (Phi) is 4.96. The predicted octanol–water partition coefficient (Wildman–Crippen LogP) is 1.76. The number of carbonyl (C=O) groups excluding carboxylic acids is 2. The number of hydrogen-bond donors (Lipinski definition) is 1. The molecule has 2 N–H and O–H groups in total. The summed E-state index contributed by atoms with van der Waals surface area (Å²) in [5.41, 5.74) is 7.02. The molecule has 0 spiro atoms. The zero-order valence-electron chi connectivity index (χ0n) is 13.5. The molecule has 0 radical (unpaired) electrons. The number of likely N-dealkylation sites (tertiary alicyclic amines) is 2. The molecule has 2 heterocycles. The van der Waals surface area contributed by atoms with Crippen molar-refractivity contribution in [3.05, 3.63) is 35.4 Å². The van der Waals surface area contributed by atoms with Gasteiger partial charge in [-0.25, -0.2) is 0 Å². The molecule has 3 rings (SSSR count). The first kappa shape index (κ1) is 16.0. The predicted molar refractivity (Wildman–Crippen MR) is 88.8 cm³/mol. The molecule has 2 aliphatic rings. The zero-order chi connectivity index (χ0) is 16.2. The largest absolute Gasteiger partial charge is 0.366 e. The number of nitrogens with zero attached hydrogens (tertiary/aromatic N) is 2. The van der Waals surface area contributed by atoms with Crippen LogP contribution in [-0.2, 0) is 11.3 Å². The van der Waals surface area contributed by atoms with Crippen LogP contribution in [0.2, 0.25) is 0 Å². The fourth-order valence-electron chi connectivity index (χ4n) is 3.68. The number of piperidine rings is 2. The Labute approximate surface area is 137 Å². The molecule has 2 aliphatic heterocycles. The fourth-order valence-corrected chi connectivity index (χ4v) is 3.68. The van der Waals surface area contributed by atoms with Crippen LogP contribution in [0, 0.1) is 0 Å². The average molecular weight is 315 g/mol. The number of primary amides is 1. The number of hydrogen-bond acceptors (Lipinski definition) is 3. The van der Waals surface area contributed by atoms with Gasteiger partial charge in [0.2, 0.25) is 11.8 Å². The van der Waals surface area contributed by atoms with E-state index in [1.807, 2.05) is 18.2 Å². The zero-order valence-corrected chi connectivity index (χ0v) is 13.5.